The largest absolute Gasteiger partial charge is 0.374 e. The fourth-order valence-electron chi connectivity index (χ4n) is 3.40. The summed E-state index contributed by atoms with van der Waals surface area (Å²) in [4.78, 5) is 11.2. The lowest BCUT2D eigenvalue weighted by atomic mass is 9.68. The van der Waals surface area contributed by atoms with Crippen LogP contribution < -0.4 is 5.32 Å². The summed E-state index contributed by atoms with van der Waals surface area (Å²) >= 11 is 0. The molecule has 1 N–H and O–H groups in total. The number of fused-ring (bicyclic) bond motifs is 2. The first-order valence-corrected chi connectivity index (χ1v) is 5.77. The number of hydrogen-bond acceptors (Lipinski definition) is 2. The van der Waals surface area contributed by atoms with E-state index < -0.39 is 0 Å². The van der Waals surface area contributed by atoms with Gasteiger partial charge in [0, 0.05) is 12.0 Å². The third kappa shape index (κ3) is 1.07. The highest BCUT2D eigenvalue weighted by molar-refractivity contribution is 5.86. The molecule has 1 amide bonds. The number of hydrogen-bond donors (Lipinski definition) is 1. The molecular weight excluding hydrogens is 190 g/mol. The molecule has 0 aromatic rings. The summed E-state index contributed by atoms with van der Waals surface area (Å²) in [5.74, 6) is 0.638. The zero-order valence-electron chi connectivity index (χ0n) is 8.92. The summed E-state index contributed by atoms with van der Waals surface area (Å²) in [5.41, 5.74) is 0.413. The molecule has 3 rings (SSSR count). The monoisotopic (exact) mass is 207 g/mol. The van der Waals surface area contributed by atoms with Crippen LogP contribution >= 0.6 is 0 Å². The van der Waals surface area contributed by atoms with Gasteiger partial charge in [0.1, 0.15) is 0 Å². The van der Waals surface area contributed by atoms with Gasteiger partial charge in [0.2, 0.25) is 5.91 Å². The van der Waals surface area contributed by atoms with Gasteiger partial charge >= 0.3 is 0 Å². The summed E-state index contributed by atoms with van der Waals surface area (Å²) in [7, 11) is 0. The molecule has 2 saturated carbocycles. The van der Waals surface area contributed by atoms with Crippen molar-refractivity contribution >= 4 is 5.91 Å². The minimum atomic E-state index is -0.0589. The molecule has 1 saturated heterocycles. The summed E-state index contributed by atoms with van der Waals surface area (Å²) in [5, 5.41) is 2.94. The van der Waals surface area contributed by atoms with Crippen LogP contribution in [0.15, 0.2) is 12.7 Å². The maximum absolute atomic E-state index is 11.2. The molecule has 0 unspecified atom stereocenters. The van der Waals surface area contributed by atoms with Crippen LogP contribution in [0.3, 0.4) is 0 Å². The van der Waals surface area contributed by atoms with E-state index in [1.807, 2.05) is 0 Å². The van der Waals surface area contributed by atoms with Gasteiger partial charge in [-0.1, -0.05) is 6.58 Å². The Morgan fingerprint density at radius 1 is 1.60 bits per heavy atom. The molecular formula is C12H17NO2. The zero-order chi connectivity index (χ0) is 10.5. The smallest absolute Gasteiger partial charge is 0.243 e. The second-order valence-electron chi connectivity index (χ2n) is 5.14. The number of ether oxygens (including phenoxy) is 1. The average Bonchev–Trinajstić information content (AvgIpc) is 2.81. The highest BCUT2D eigenvalue weighted by atomic mass is 16.5. The Labute approximate surface area is 89.9 Å². The standard InChI is InChI=1S/C12H17NO2/c1-2-10(14)13-8-11-6-9(11)7-15-12(11)4-3-5-12/h2,9H,1,3-8H2,(H,13,14)/t9-,11+/m0/s1. The minimum Gasteiger partial charge on any atom is -0.374 e. The summed E-state index contributed by atoms with van der Waals surface area (Å²) in [6.07, 6.45) is 6.24. The molecule has 1 aliphatic heterocycles. The molecule has 1 heterocycles. The van der Waals surface area contributed by atoms with Crippen LogP contribution in [0.1, 0.15) is 25.7 Å². The van der Waals surface area contributed by atoms with Gasteiger partial charge in [-0.3, -0.25) is 4.79 Å². The van der Waals surface area contributed by atoms with Crippen molar-refractivity contribution in [3.05, 3.63) is 12.7 Å². The second-order valence-corrected chi connectivity index (χ2v) is 5.14. The fraction of sp³-hybridized carbons (Fsp3) is 0.750. The van der Waals surface area contributed by atoms with E-state index in [9.17, 15) is 4.79 Å². The topological polar surface area (TPSA) is 38.3 Å². The molecule has 1 spiro atoms. The van der Waals surface area contributed by atoms with Crippen LogP contribution in [-0.4, -0.2) is 24.7 Å². The molecule has 82 valence electrons. The lowest BCUT2D eigenvalue weighted by Gasteiger charge is -2.45. The van der Waals surface area contributed by atoms with E-state index in [1.54, 1.807) is 0 Å². The van der Waals surface area contributed by atoms with Gasteiger partial charge in [-0.2, -0.15) is 0 Å². The molecule has 3 heteroatoms. The molecule has 0 bridgehead atoms. The Morgan fingerprint density at radius 3 is 2.93 bits per heavy atom. The third-order valence-corrected chi connectivity index (χ3v) is 4.62. The molecule has 2 aliphatic carbocycles. The molecule has 0 aromatic carbocycles. The molecule has 2 atom stereocenters. The van der Waals surface area contributed by atoms with Gasteiger partial charge < -0.3 is 10.1 Å². The van der Waals surface area contributed by atoms with E-state index in [0.717, 1.165) is 13.2 Å². The van der Waals surface area contributed by atoms with Crippen LogP contribution in [0.25, 0.3) is 0 Å². The molecule has 0 aromatic heterocycles. The van der Waals surface area contributed by atoms with Crippen LogP contribution in [0.4, 0.5) is 0 Å². The lowest BCUT2D eigenvalue weighted by Crippen LogP contribution is -2.50. The number of carbonyl (C=O) groups excluding carboxylic acids is 1. The Kier molecular flexibility index (Phi) is 1.78. The number of carbonyl (C=O) groups is 1. The maximum atomic E-state index is 11.2. The van der Waals surface area contributed by atoms with Crippen molar-refractivity contribution in [3.63, 3.8) is 0 Å². The van der Waals surface area contributed by atoms with Gasteiger partial charge in [0.25, 0.3) is 0 Å². The fourth-order valence-corrected chi connectivity index (χ4v) is 3.40. The first-order chi connectivity index (χ1) is 7.22. The quantitative estimate of drug-likeness (QED) is 0.707. The van der Waals surface area contributed by atoms with Crippen molar-refractivity contribution in [3.8, 4) is 0 Å². The molecule has 15 heavy (non-hydrogen) atoms. The summed E-state index contributed by atoms with van der Waals surface area (Å²) in [6, 6.07) is 0. The van der Waals surface area contributed by atoms with E-state index in [4.69, 9.17) is 4.74 Å². The lowest BCUT2D eigenvalue weighted by molar-refractivity contribution is -0.121. The minimum absolute atomic E-state index is 0.0589. The highest BCUT2D eigenvalue weighted by Crippen LogP contribution is 2.70. The average molecular weight is 207 g/mol. The molecule has 0 radical (unpaired) electrons. The Bertz CT molecular complexity index is 322. The van der Waals surface area contributed by atoms with Crippen molar-refractivity contribution in [1.82, 2.24) is 5.32 Å². The van der Waals surface area contributed by atoms with Crippen molar-refractivity contribution in [2.45, 2.75) is 31.3 Å². The maximum Gasteiger partial charge on any atom is 0.243 e. The third-order valence-electron chi connectivity index (χ3n) is 4.62. The summed E-state index contributed by atoms with van der Waals surface area (Å²) in [6.45, 7) is 5.16. The van der Waals surface area contributed by atoms with E-state index in [-0.39, 0.29) is 16.9 Å². The van der Waals surface area contributed by atoms with Gasteiger partial charge in [-0.25, -0.2) is 0 Å². The van der Waals surface area contributed by atoms with E-state index in [0.29, 0.717) is 5.92 Å². The predicted molar refractivity (Wildman–Crippen MR) is 56.3 cm³/mol. The SMILES string of the molecule is C=CC(=O)NC[C@]12C[C@H]1COC21CCC1. The number of amides is 1. The highest BCUT2D eigenvalue weighted by Gasteiger charge is 2.73. The van der Waals surface area contributed by atoms with Crippen LogP contribution in [-0.2, 0) is 9.53 Å². The van der Waals surface area contributed by atoms with Crippen LogP contribution in [0, 0.1) is 11.3 Å². The van der Waals surface area contributed by atoms with E-state index in [1.165, 1.54) is 31.8 Å². The predicted octanol–water partition coefficient (Wildman–Crippen LogP) is 1.25. The summed E-state index contributed by atoms with van der Waals surface area (Å²) < 4.78 is 5.93. The molecule has 3 fully saturated rings. The second kappa shape index (κ2) is 2.85. The van der Waals surface area contributed by atoms with Gasteiger partial charge in [-0.05, 0) is 37.7 Å². The van der Waals surface area contributed by atoms with Crippen molar-refractivity contribution < 1.29 is 9.53 Å². The van der Waals surface area contributed by atoms with Gasteiger partial charge in [0.15, 0.2) is 0 Å². The van der Waals surface area contributed by atoms with E-state index in [2.05, 4.69) is 11.9 Å². The van der Waals surface area contributed by atoms with E-state index >= 15 is 0 Å². The van der Waals surface area contributed by atoms with Crippen molar-refractivity contribution in [2.75, 3.05) is 13.2 Å². The molecule has 3 nitrogen and oxygen atoms in total. The first kappa shape index (κ1) is 9.40. The number of rotatable bonds is 3. The normalized spacial score (nSPS) is 39.3. The van der Waals surface area contributed by atoms with Gasteiger partial charge in [0.05, 0.1) is 12.2 Å². The Hall–Kier alpha value is -0.830. The van der Waals surface area contributed by atoms with Gasteiger partial charge in [-0.15, -0.1) is 0 Å². The molecule has 3 aliphatic rings. The first-order valence-electron chi connectivity index (χ1n) is 5.77. The van der Waals surface area contributed by atoms with Crippen LogP contribution in [0.2, 0.25) is 0 Å². The number of nitrogens with one attached hydrogen (secondary N) is 1. The van der Waals surface area contributed by atoms with Crippen LogP contribution in [0.5, 0.6) is 0 Å². The Morgan fingerprint density at radius 2 is 2.40 bits per heavy atom. The Balaban J connectivity index is 1.69. The van der Waals surface area contributed by atoms with Crippen molar-refractivity contribution in [1.29, 1.82) is 0 Å². The van der Waals surface area contributed by atoms with Crippen molar-refractivity contribution in [2.24, 2.45) is 11.3 Å². The zero-order valence-corrected chi connectivity index (χ0v) is 8.92.